The topological polar surface area (TPSA) is 97.7 Å². The van der Waals surface area contributed by atoms with Crippen LogP contribution in [0.15, 0.2) is 75.0 Å². The van der Waals surface area contributed by atoms with E-state index in [9.17, 15) is 9.59 Å². The predicted octanol–water partition coefficient (Wildman–Crippen LogP) is 3.35. The minimum absolute atomic E-state index is 0.158. The molecule has 0 fully saturated rings. The van der Waals surface area contributed by atoms with Crippen LogP contribution in [0.2, 0.25) is 0 Å². The molecule has 0 spiro atoms. The van der Waals surface area contributed by atoms with Crippen molar-refractivity contribution in [2.75, 3.05) is 33.9 Å². The first-order valence-electron chi connectivity index (χ1n) is 10.5. The van der Waals surface area contributed by atoms with Crippen molar-refractivity contribution in [1.29, 1.82) is 0 Å². The normalized spacial score (nSPS) is 15.4. The molecule has 4 rings (SSSR count). The number of methoxy groups -OCH3 is 2. The molecule has 1 aliphatic heterocycles. The first-order chi connectivity index (χ1) is 16.1. The lowest BCUT2D eigenvalue weighted by atomic mass is 10.0. The summed E-state index contributed by atoms with van der Waals surface area (Å²) in [5.74, 6) is 0.786. The first kappa shape index (κ1) is 22.3. The number of carbonyl (C=O) groups excluding carboxylic acids is 2. The Kier molecular flexibility index (Phi) is 6.89. The standard InChI is InChI=1S/C24H25N3O6/c1-30-14-11-26(24(29)22-6-4-13-33-22)16-23(28)27-20(21-5-3-12-32-21)15-19(25-27)17-7-9-18(31-2)10-8-17/h3-10,12-13,20H,11,14-16H2,1-2H3/t20-/m1/s1. The van der Waals surface area contributed by atoms with E-state index < -0.39 is 11.9 Å². The highest BCUT2D eigenvalue weighted by molar-refractivity contribution is 6.03. The third kappa shape index (κ3) is 4.98. The molecule has 3 aromatic rings. The van der Waals surface area contributed by atoms with Crippen molar-refractivity contribution < 1.29 is 27.9 Å². The average molecular weight is 451 g/mol. The van der Waals surface area contributed by atoms with Gasteiger partial charge in [0, 0.05) is 20.1 Å². The zero-order valence-corrected chi connectivity index (χ0v) is 18.5. The van der Waals surface area contributed by atoms with E-state index in [0.29, 0.717) is 12.2 Å². The fourth-order valence-electron chi connectivity index (χ4n) is 3.65. The number of nitrogens with zero attached hydrogens (tertiary/aromatic N) is 3. The largest absolute Gasteiger partial charge is 0.497 e. The van der Waals surface area contributed by atoms with Crippen LogP contribution >= 0.6 is 0 Å². The van der Waals surface area contributed by atoms with E-state index in [1.165, 1.54) is 23.3 Å². The quantitative estimate of drug-likeness (QED) is 0.495. The molecule has 1 aromatic carbocycles. The van der Waals surface area contributed by atoms with Crippen LogP contribution in [0, 0.1) is 0 Å². The van der Waals surface area contributed by atoms with Gasteiger partial charge >= 0.3 is 0 Å². The summed E-state index contributed by atoms with van der Waals surface area (Å²) in [4.78, 5) is 27.6. The minimum Gasteiger partial charge on any atom is -0.497 e. The van der Waals surface area contributed by atoms with Crippen molar-refractivity contribution in [3.63, 3.8) is 0 Å². The highest BCUT2D eigenvalue weighted by Crippen LogP contribution is 2.33. The van der Waals surface area contributed by atoms with Gasteiger partial charge in [0.25, 0.3) is 11.8 Å². The summed E-state index contributed by atoms with van der Waals surface area (Å²) in [7, 11) is 3.14. The number of hydrogen-bond donors (Lipinski definition) is 0. The van der Waals surface area contributed by atoms with Gasteiger partial charge in [0.05, 0.1) is 32.0 Å². The average Bonchev–Trinajstić information content (AvgIpc) is 3.62. The van der Waals surface area contributed by atoms with Gasteiger partial charge < -0.3 is 23.2 Å². The molecule has 3 heterocycles. The van der Waals surface area contributed by atoms with Crippen LogP contribution in [-0.4, -0.2) is 61.4 Å². The number of rotatable bonds is 9. The van der Waals surface area contributed by atoms with Crippen molar-refractivity contribution in [3.8, 4) is 5.75 Å². The molecular formula is C24H25N3O6. The molecule has 0 saturated heterocycles. The lowest BCUT2D eigenvalue weighted by Crippen LogP contribution is -2.42. The summed E-state index contributed by atoms with van der Waals surface area (Å²) in [6.07, 6.45) is 3.47. The molecule has 33 heavy (non-hydrogen) atoms. The van der Waals surface area contributed by atoms with Crippen molar-refractivity contribution >= 4 is 17.5 Å². The molecule has 9 nitrogen and oxygen atoms in total. The highest BCUT2D eigenvalue weighted by atomic mass is 16.5. The molecule has 172 valence electrons. The smallest absolute Gasteiger partial charge is 0.290 e. The molecule has 1 atom stereocenters. The Balaban J connectivity index is 1.58. The second-order valence-electron chi connectivity index (χ2n) is 7.45. The first-order valence-corrected chi connectivity index (χ1v) is 10.5. The molecule has 0 radical (unpaired) electrons. The van der Waals surface area contributed by atoms with Crippen LogP contribution in [0.5, 0.6) is 5.75 Å². The highest BCUT2D eigenvalue weighted by Gasteiger charge is 2.36. The molecule has 0 bridgehead atoms. The second-order valence-corrected chi connectivity index (χ2v) is 7.45. The zero-order valence-electron chi connectivity index (χ0n) is 18.5. The Hall–Kier alpha value is -3.85. The van der Waals surface area contributed by atoms with E-state index in [-0.39, 0.29) is 31.4 Å². The van der Waals surface area contributed by atoms with Crippen LogP contribution in [0.1, 0.15) is 34.3 Å². The Morgan fingerprint density at radius 3 is 2.48 bits per heavy atom. The maximum Gasteiger partial charge on any atom is 0.290 e. The van der Waals surface area contributed by atoms with E-state index in [0.717, 1.165) is 17.0 Å². The number of ether oxygens (including phenoxy) is 2. The summed E-state index contributed by atoms with van der Waals surface area (Å²) in [5.41, 5.74) is 1.62. The van der Waals surface area contributed by atoms with Gasteiger partial charge in [0.2, 0.25) is 0 Å². The van der Waals surface area contributed by atoms with E-state index >= 15 is 0 Å². The zero-order chi connectivity index (χ0) is 23.2. The summed E-state index contributed by atoms with van der Waals surface area (Å²) in [6.45, 7) is 0.331. The number of hydrogen-bond acceptors (Lipinski definition) is 7. The maximum atomic E-state index is 13.4. The number of hydrazone groups is 1. The SMILES string of the molecule is COCCN(CC(=O)N1N=C(c2ccc(OC)cc2)C[C@@H]1c1ccco1)C(=O)c1ccco1. The van der Waals surface area contributed by atoms with Gasteiger partial charge in [-0.2, -0.15) is 5.10 Å². The van der Waals surface area contributed by atoms with E-state index in [1.807, 2.05) is 30.3 Å². The lowest BCUT2D eigenvalue weighted by molar-refractivity contribution is -0.134. The monoisotopic (exact) mass is 451 g/mol. The number of amides is 2. The van der Waals surface area contributed by atoms with E-state index in [4.69, 9.17) is 18.3 Å². The molecule has 2 aromatic heterocycles. The van der Waals surface area contributed by atoms with Crippen LogP contribution in [0.3, 0.4) is 0 Å². The molecular weight excluding hydrogens is 426 g/mol. The molecule has 1 aliphatic rings. The van der Waals surface area contributed by atoms with Crippen LogP contribution in [0.4, 0.5) is 0 Å². The van der Waals surface area contributed by atoms with Crippen molar-refractivity contribution in [2.45, 2.75) is 12.5 Å². The maximum absolute atomic E-state index is 13.4. The Labute approximate surface area is 191 Å². The molecule has 9 heteroatoms. The predicted molar refractivity (Wildman–Crippen MR) is 119 cm³/mol. The van der Waals surface area contributed by atoms with Gasteiger partial charge in [-0.25, -0.2) is 5.01 Å². The van der Waals surface area contributed by atoms with E-state index in [2.05, 4.69) is 5.10 Å². The van der Waals surface area contributed by atoms with Crippen molar-refractivity contribution in [1.82, 2.24) is 9.91 Å². The number of furan rings is 2. The molecule has 2 amide bonds. The number of carbonyl (C=O) groups is 2. The van der Waals surface area contributed by atoms with Gasteiger partial charge in [0.1, 0.15) is 24.1 Å². The summed E-state index contributed by atoms with van der Waals surface area (Å²) >= 11 is 0. The Morgan fingerprint density at radius 1 is 1.09 bits per heavy atom. The summed E-state index contributed by atoms with van der Waals surface area (Å²) in [5, 5.41) is 6.01. The third-order valence-corrected chi connectivity index (χ3v) is 5.37. The van der Waals surface area contributed by atoms with Gasteiger partial charge in [0.15, 0.2) is 5.76 Å². The Morgan fingerprint density at radius 2 is 1.85 bits per heavy atom. The van der Waals surface area contributed by atoms with Gasteiger partial charge in [-0.05, 0) is 54.1 Å². The summed E-state index contributed by atoms with van der Waals surface area (Å²) in [6, 6.07) is 13.9. The molecule has 0 saturated carbocycles. The molecule has 0 unspecified atom stereocenters. The van der Waals surface area contributed by atoms with Crippen molar-refractivity contribution in [3.05, 3.63) is 78.1 Å². The van der Waals surface area contributed by atoms with Crippen molar-refractivity contribution in [2.24, 2.45) is 5.10 Å². The van der Waals surface area contributed by atoms with Crippen LogP contribution in [0.25, 0.3) is 0 Å². The van der Waals surface area contributed by atoms with Gasteiger partial charge in [-0.3, -0.25) is 9.59 Å². The minimum atomic E-state index is -0.410. The third-order valence-electron chi connectivity index (χ3n) is 5.37. The number of benzene rings is 1. The summed E-state index contributed by atoms with van der Waals surface area (Å²) < 4.78 is 21.2. The second kappa shape index (κ2) is 10.2. The fraction of sp³-hybridized carbons (Fsp3) is 0.292. The Bertz CT molecular complexity index is 1090. The lowest BCUT2D eigenvalue weighted by Gasteiger charge is -2.25. The molecule has 0 aliphatic carbocycles. The van der Waals surface area contributed by atoms with E-state index in [1.54, 1.807) is 31.6 Å². The molecule has 0 N–H and O–H groups in total. The fourth-order valence-corrected chi connectivity index (χ4v) is 3.65. The van der Waals surface area contributed by atoms with Gasteiger partial charge in [-0.15, -0.1) is 0 Å². The van der Waals surface area contributed by atoms with Crippen LogP contribution in [-0.2, 0) is 9.53 Å². The van der Waals surface area contributed by atoms with Crippen LogP contribution < -0.4 is 4.74 Å². The van der Waals surface area contributed by atoms with Gasteiger partial charge in [-0.1, -0.05) is 0 Å².